The Bertz CT molecular complexity index is 483. The van der Waals surface area contributed by atoms with Crippen molar-refractivity contribution in [1.29, 1.82) is 0 Å². The third-order valence-corrected chi connectivity index (χ3v) is 3.81. The van der Waals surface area contributed by atoms with Crippen molar-refractivity contribution in [1.82, 2.24) is 5.32 Å². The third-order valence-electron chi connectivity index (χ3n) is 2.70. The van der Waals surface area contributed by atoms with Crippen LogP contribution in [0, 0.1) is 6.92 Å². The number of hydrogen-bond acceptors (Lipinski definition) is 3. The highest BCUT2D eigenvalue weighted by Crippen LogP contribution is 2.19. The van der Waals surface area contributed by atoms with E-state index in [0.29, 0.717) is 0 Å². The Labute approximate surface area is 117 Å². The summed E-state index contributed by atoms with van der Waals surface area (Å²) in [5, 5.41) is 9.67. The topological polar surface area (TPSA) is 24.1 Å². The maximum absolute atomic E-state index is 5.97. The molecule has 18 heavy (non-hydrogen) atoms. The van der Waals surface area contributed by atoms with Crippen molar-refractivity contribution in [3.8, 4) is 0 Å². The van der Waals surface area contributed by atoms with Gasteiger partial charge in [-0.2, -0.15) is 0 Å². The van der Waals surface area contributed by atoms with Crippen molar-refractivity contribution in [2.24, 2.45) is 0 Å². The molecule has 2 N–H and O–H groups in total. The number of halogens is 1. The summed E-state index contributed by atoms with van der Waals surface area (Å²) >= 11 is 7.75. The zero-order valence-corrected chi connectivity index (χ0v) is 11.9. The van der Waals surface area contributed by atoms with E-state index in [-0.39, 0.29) is 0 Å². The normalized spacial score (nSPS) is 10.6. The molecule has 0 saturated carbocycles. The SMILES string of the molecule is Cc1ccc(Cl)cc1NCCNCc1cccs1. The van der Waals surface area contributed by atoms with Gasteiger partial charge in [-0.3, -0.25) is 0 Å². The number of thiophene rings is 1. The fourth-order valence-corrected chi connectivity index (χ4v) is 2.54. The Balaban J connectivity index is 1.70. The number of hydrogen-bond donors (Lipinski definition) is 2. The highest BCUT2D eigenvalue weighted by atomic mass is 35.5. The van der Waals surface area contributed by atoms with Gasteiger partial charge in [-0.05, 0) is 36.1 Å². The molecule has 0 saturated heterocycles. The van der Waals surface area contributed by atoms with Crippen LogP contribution in [0.1, 0.15) is 10.4 Å². The zero-order chi connectivity index (χ0) is 12.8. The summed E-state index contributed by atoms with van der Waals surface area (Å²) in [5.74, 6) is 0. The van der Waals surface area contributed by atoms with Crippen molar-refractivity contribution in [3.63, 3.8) is 0 Å². The number of nitrogens with one attached hydrogen (secondary N) is 2. The lowest BCUT2D eigenvalue weighted by atomic mass is 10.2. The summed E-state index contributed by atoms with van der Waals surface area (Å²) in [4.78, 5) is 1.37. The van der Waals surface area contributed by atoms with Gasteiger partial charge in [-0.15, -0.1) is 11.3 Å². The Kier molecular flexibility index (Phi) is 5.05. The molecule has 0 amide bonds. The fourth-order valence-electron chi connectivity index (χ4n) is 1.69. The first-order chi connectivity index (χ1) is 8.75. The molecule has 2 aromatic rings. The van der Waals surface area contributed by atoms with E-state index in [1.54, 1.807) is 11.3 Å². The van der Waals surface area contributed by atoms with Gasteiger partial charge in [0.15, 0.2) is 0 Å². The van der Waals surface area contributed by atoms with Crippen molar-refractivity contribution in [2.45, 2.75) is 13.5 Å². The maximum atomic E-state index is 5.97. The highest BCUT2D eigenvalue weighted by Gasteiger charge is 1.98. The maximum Gasteiger partial charge on any atom is 0.0426 e. The Morgan fingerprint density at radius 2 is 2.11 bits per heavy atom. The molecule has 1 aromatic carbocycles. The molecule has 1 aromatic heterocycles. The molecule has 4 heteroatoms. The second-order valence-corrected chi connectivity index (χ2v) is 5.61. The van der Waals surface area contributed by atoms with Crippen LogP contribution >= 0.6 is 22.9 Å². The molecule has 0 aliphatic heterocycles. The van der Waals surface area contributed by atoms with E-state index >= 15 is 0 Å². The van der Waals surface area contributed by atoms with E-state index in [4.69, 9.17) is 11.6 Å². The van der Waals surface area contributed by atoms with Gasteiger partial charge >= 0.3 is 0 Å². The number of aryl methyl sites for hydroxylation is 1. The number of benzene rings is 1. The molecule has 0 aliphatic carbocycles. The molecule has 0 bridgehead atoms. The van der Waals surface area contributed by atoms with Gasteiger partial charge in [0.2, 0.25) is 0 Å². The summed E-state index contributed by atoms with van der Waals surface area (Å²) < 4.78 is 0. The highest BCUT2D eigenvalue weighted by molar-refractivity contribution is 7.09. The van der Waals surface area contributed by atoms with Crippen molar-refractivity contribution >= 4 is 28.6 Å². The molecule has 0 unspecified atom stereocenters. The van der Waals surface area contributed by atoms with E-state index in [0.717, 1.165) is 30.3 Å². The first kappa shape index (κ1) is 13.4. The van der Waals surface area contributed by atoms with Gasteiger partial charge in [0.25, 0.3) is 0 Å². The summed E-state index contributed by atoms with van der Waals surface area (Å²) in [6, 6.07) is 10.1. The van der Waals surface area contributed by atoms with Crippen LogP contribution in [0.25, 0.3) is 0 Å². The number of rotatable bonds is 6. The first-order valence-corrected chi connectivity index (χ1v) is 7.24. The van der Waals surface area contributed by atoms with E-state index in [1.807, 2.05) is 18.2 Å². The lowest BCUT2D eigenvalue weighted by molar-refractivity contribution is 0.714. The number of anilines is 1. The molecule has 96 valence electrons. The van der Waals surface area contributed by atoms with Crippen LogP contribution in [0.5, 0.6) is 0 Å². The minimum Gasteiger partial charge on any atom is -0.384 e. The Morgan fingerprint density at radius 3 is 2.89 bits per heavy atom. The standard InChI is InChI=1S/C14H17ClN2S/c1-11-4-5-12(15)9-14(11)17-7-6-16-10-13-3-2-8-18-13/h2-5,8-9,16-17H,6-7,10H2,1H3. The van der Waals surface area contributed by atoms with E-state index in [9.17, 15) is 0 Å². The van der Waals surface area contributed by atoms with Crippen LogP contribution in [-0.4, -0.2) is 13.1 Å². The van der Waals surface area contributed by atoms with Crippen LogP contribution in [0.4, 0.5) is 5.69 Å². The van der Waals surface area contributed by atoms with Crippen LogP contribution in [0.3, 0.4) is 0 Å². The van der Waals surface area contributed by atoms with E-state index in [2.05, 4.69) is 35.1 Å². The first-order valence-electron chi connectivity index (χ1n) is 5.99. The molecule has 0 aliphatic rings. The molecular formula is C14H17ClN2S. The van der Waals surface area contributed by atoms with Crippen LogP contribution in [-0.2, 0) is 6.54 Å². The summed E-state index contributed by atoms with van der Waals surface area (Å²) in [6.07, 6.45) is 0. The molecular weight excluding hydrogens is 264 g/mol. The molecule has 0 fully saturated rings. The smallest absolute Gasteiger partial charge is 0.0426 e. The Morgan fingerprint density at radius 1 is 1.22 bits per heavy atom. The second kappa shape index (κ2) is 6.78. The van der Waals surface area contributed by atoms with Gasteiger partial charge in [0, 0.05) is 35.2 Å². The third kappa shape index (κ3) is 4.02. The monoisotopic (exact) mass is 280 g/mol. The van der Waals surface area contributed by atoms with Gasteiger partial charge in [0.1, 0.15) is 0 Å². The predicted molar refractivity (Wildman–Crippen MR) is 80.7 cm³/mol. The Hall–Kier alpha value is -1.03. The summed E-state index contributed by atoms with van der Waals surface area (Å²) in [5.41, 5.74) is 2.33. The fraction of sp³-hybridized carbons (Fsp3) is 0.286. The van der Waals surface area contributed by atoms with Gasteiger partial charge in [-0.25, -0.2) is 0 Å². The van der Waals surface area contributed by atoms with Crippen LogP contribution in [0.15, 0.2) is 35.7 Å². The van der Waals surface area contributed by atoms with Crippen LogP contribution in [0.2, 0.25) is 5.02 Å². The van der Waals surface area contributed by atoms with Crippen molar-refractivity contribution in [2.75, 3.05) is 18.4 Å². The molecule has 2 nitrogen and oxygen atoms in total. The molecule has 2 rings (SSSR count). The van der Waals surface area contributed by atoms with Gasteiger partial charge in [-0.1, -0.05) is 23.7 Å². The average Bonchev–Trinajstić information content (AvgIpc) is 2.86. The minimum absolute atomic E-state index is 0.773. The quantitative estimate of drug-likeness (QED) is 0.784. The summed E-state index contributed by atoms with van der Waals surface area (Å²) in [7, 11) is 0. The van der Waals surface area contributed by atoms with Crippen molar-refractivity contribution < 1.29 is 0 Å². The zero-order valence-electron chi connectivity index (χ0n) is 10.4. The van der Waals surface area contributed by atoms with E-state index < -0.39 is 0 Å². The largest absolute Gasteiger partial charge is 0.384 e. The van der Waals surface area contributed by atoms with Gasteiger partial charge < -0.3 is 10.6 Å². The second-order valence-electron chi connectivity index (χ2n) is 4.14. The molecule has 0 atom stereocenters. The predicted octanol–water partition coefficient (Wildman–Crippen LogP) is 3.91. The minimum atomic E-state index is 0.773. The molecule has 1 heterocycles. The van der Waals surface area contributed by atoms with Crippen molar-refractivity contribution in [3.05, 3.63) is 51.2 Å². The van der Waals surface area contributed by atoms with Crippen LogP contribution < -0.4 is 10.6 Å². The molecule has 0 radical (unpaired) electrons. The summed E-state index contributed by atoms with van der Waals surface area (Å²) in [6.45, 7) is 4.85. The lowest BCUT2D eigenvalue weighted by Gasteiger charge is -2.10. The molecule has 0 spiro atoms. The van der Waals surface area contributed by atoms with E-state index in [1.165, 1.54) is 10.4 Å². The average molecular weight is 281 g/mol. The lowest BCUT2D eigenvalue weighted by Crippen LogP contribution is -2.21. The van der Waals surface area contributed by atoms with Gasteiger partial charge in [0.05, 0.1) is 0 Å².